The molecule has 2 nitrogen and oxygen atoms in total. The smallest absolute Gasteiger partial charge is 0.249 e. The van der Waals surface area contributed by atoms with Crippen LogP contribution in [0.1, 0.15) is 31.4 Å². The third-order valence-corrected chi connectivity index (χ3v) is 4.87. The highest BCUT2D eigenvalue weighted by Crippen LogP contribution is 2.30. The molecule has 0 fully saturated rings. The van der Waals surface area contributed by atoms with E-state index in [-0.39, 0.29) is 16.0 Å². The first-order valence-corrected chi connectivity index (χ1v) is 6.75. The Balaban J connectivity index is 3.56. The van der Waals surface area contributed by atoms with Crippen LogP contribution in [0, 0.1) is 4.78 Å². The predicted octanol–water partition coefficient (Wildman–Crippen LogP) is 4.08. The summed E-state index contributed by atoms with van der Waals surface area (Å²) in [6.45, 7) is 6.74. The van der Waals surface area contributed by atoms with Crippen LogP contribution in [-0.4, -0.2) is 9.46 Å². The number of halogens is 2. The number of hydrogen-bond donors (Lipinski definition) is 1. The number of alkyl halides is 2. The van der Waals surface area contributed by atoms with Crippen molar-refractivity contribution >= 4 is 15.8 Å². The van der Waals surface area contributed by atoms with Gasteiger partial charge in [-0.3, -0.25) is 0 Å². The molecule has 0 radical (unpaired) electrons. The molecule has 0 aliphatic heterocycles. The van der Waals surface area contributed by atoms with Gasteiger partial charge >= 0.3 is 0 Å². The Kier molecular flexibility index (Phi) is 4.03. The zero-order valence-electron chi connectivity index (χ0n) is 9.74. The first-order valence-electron chi connectivity index (χ1n) is 5.13. The van der Waals surface area contributed by atoms with E-state index in [1.165, 1.54) is 24.3 Å². The molecule has 0 spiro atoms. The molecule has 0 saturated heterocycles. The van der Waals surface area contributed by atoms with Gasteiger partial charge in [-0.25, -0.2) is 17.8 Å². The fourth-order valence-electron chi connectivity index (χ4n) is 1.49. The second-order valence-corrected chi connectivity index (χ2v) is 6.50. The maximum absolute atomic E-state index is 12.8. The molecule has 0 saturated carbocycles. The summed E-state index contributed by atoms with van der Waals surface area (Å²) in [7, 11) is -3.08. The fourth-order valence-corrected chi connectivity index (χ4v) is 2.80. The van der Waals surface area contributed by atoms with Crippen LogP contribution < -0.4 is 0 Å². The number of nitrogens with one attached hydrogen (secondary N) is 1. The molecule has 0 heterocycles. The van der Waals surface area contributed by atoms with Crippen molar-refractivity contribution in [1.29, 1.82) is 4.78 Å². The van der Waals surface area contributed by atoms with E-state index in [1.54, 1.807) is 13.8 Å². The summed E-state index contributed by atoms with van der Waals surface area (Å²) in [6, 6.07) is 4.12. The van der Waals surface area contributed by atoms with Crippen LogP contribution in [0.4, 0.5) is 8.78 Å². The predicted molar refractivity (Wildman–Crippen MR) is 65.8 cm³/mol. The molecule has 1 atom stereocenters. The van der Waals surface area contributed by atoms with Crippen molar-refractivity contribution in [3.63, 3.8) is 0 Å². The van der Waals surface area contributed by atoms with E-state index in [1.807, 2.05) is 0 Å². The van der Waals surface area contributed by atoms with Gasteiger partial charge < -0.3 is 0 Å². The summed E-state index contributed by atoms with van der Waals surface area (Å²) >= 11 is 0. The molecule has 0 aliphatic rings. The van der Waals surface area contributed by atoms with Gasteiger partial charge in [0, 0.05) is 10.8 Å². The third-order valence-electron chi connectivity index (χ3n) is 2.53. The van der Waals surface area contributed by atoms with Gasteiger partial charge in [-0.1, -0.05) is 24.8 Å². The standard InChI is InChI=1S/C12H15F2NOS/c1-4-9-10(12(13)14)6-5-7-11(9)17(15,16)8(2)3/h4-8,12,15H,1H2,2-3H3. The lowest BCUT2D eigenvalue weighted by Crippen LogP contribution is -2.14. The van der Waals surface area contributed by atoms with E-state index < -0.39 is 21.4 Å². The molecule has 94 valence electrons. The molecule has 1 unspecified atom stereocenters. The Morgan fingerprint density at radius 1 is 1.41 bits per heavy atom. The molecular weight excluding hydrogens is 244 g/mol. The highest BCUT2D eigenvalue weighted by Gasteiger charge is 2.22. The van der Waals surface area contributed by atoms with Crippen LogP contribution in [0.3, 0.4) is 0 Å². The van der Waals surface area contributed by atoms with E-state index >= 15 is 0 Å². The van der Waals surface area contributed by atoms with Crippen molar-refractivity contribution < 1.29 is 13.0 Å². The van der Waals surface area contributed by atoms with Crippen LogP contribution in [-0.2, 0) is 9.73 Å². The lowest BCUT2D eigenvalue weighted by molar-refractivity contribution is 0.151. The molecule has 0 aromatic heterocycles. The van der Waals surface area contributed by atoms with Gasteiger partial charge in [0.15, 0.2) is 0 Å². The molecular formula is C12H15F2NOS. The van der Waals surface area contributed by atoms with E-state index in [0.29, 0.717) is 0 Å². The third kappa shape index (κ3) is 2.54. The van der Waals surface area contributed by atoms with Crippen LogP contribution in [0.15, 0.2) is 29.7 Å². The van der Waals surface area contributed by atoms with Gasteiger partial charge in [0.2, 0.25) is 0 Å². The molecule has 1 aromatic carbocycles. The molecule has 1 aromatic rings. The summed E-state index contributed by atoms with van der Waals surface area (Å²) in [6.07, 6.45) is -1.42. The number of benzene rings is 1. The number of hydrogen-bond acceptors (Lipinski definition) is 2. The van der Waals surface area contributed by atoms with E-state index in [9.17, 15) is 13.0 Å². The second kappa shape index (κ2) is 4.96. The van der Waals surface area contributed by atoms with Crippen LogP contribution in [0.2, 0.25) is 0 Å². The monoisotopic (exact) mass is 259 g/mol. The molecule has 0 aliphatic carbocycles. The lowest BCUT2D eigenvalue weighted by Gasteiger charge is -2.16. The molecule has 0 bridgehead atoms. The fraction of sp³-hybridized carbons (Fsp3) is 0.333. The van der Waals surface area contributed by atoms with Gasteiger partial charge in [0.25, 0.3) is 6.43 Å². The minimum atomic E-state index is -3.08. The minimum absolute atomic E-state index is 0.121. The maximum Gasteiger partial charge on any atom is 0.264 e. The number of rotatable bonds is 4. The summed E-state index contributed by atoms with van der Waals surface area (Å²) in [5, 5.41) is -0.436. The molecule has 1 N–H and O–H groups in total. The van der Waals surface area contributed by atoms with Crippen LogP contribution in [0.25, 0.3) is 6.08 Å². The normalized spacial score (nSPS) is 14.9. The Morgan fingerprint density at radius 3 is 2.41 bits per heavy atom. The van der Waals surface area contributed by atoms with E-state index in [4.69, 9.17) is 4.78 Å². The van der Waals surface area contributed by atoms with E-state index in [2.05, 4.69) is 6.58 Å². The van der Waals surface area contributed by atoms with Gasteiger partial charge in [-0.05, 0) is 25.5 Å². The molecule has 5 heteroatoms. The maximum atomic E-state index is 12.8. The average Bonchev–Trinajstić information content (AvgIpc) is 2.27. The van der Waals surface area contributed by atoms with Gasteiger partial charge in [-0.2, -0.15) is 0 Å². The van der Waals surface area contributed by atoms with Crippen LogP contribution in [0.5, 0.6) is 0 Å². The van der Waals surface area contributed by atoms with Crippen molar-refractivity contribution in [2.75, 3.05) is 0 Å². The SMILES string of the molecule is C=Cc1c(C(F)F)cccc1S(=N)(=O)C(C)C. The average molecular weight is 259 g/mol. The second-order valence-electron chi connectivity index (χ2n) is 3.91. The highest BCUT2D eigenvalue weighted by molar-refractivity contribution is 7.93. The Labute approximate surface area is 100 Å². The van der Waals surface area contributed by atoms with Crippen molar-refractivity contribution in [3.05, 3.63) is 35.9 Å². The summed E-state index contributed by atoms with van der Waals surface area (Å²) < 4.78 is 45.6. The zero-order chi connectivity index (χ0) is 13.2. The lowest BCUT2D eigenvalue weighted by atomic mass is 10.1. The van der Waals surface area contributed by atoms with Crippen molar-refractivity contribution in [2.24, 2.45) is 0 Å². The summed E-state index contributed by atoms with van der Waals surface area (Å²) in [5.41, 5.74) is -0.102. The first kappa shape index (κ1) is 13.8. The zero-order valence-corrected chi connectivity index (χ0v) is 10.6. The first-order chi connectivity index (χ1) is 7.82. The highest BCUT2D eigenvalue weighted by atomic mass is 32.2. The molecule has 0 amide bonds. The topological polar surface area (TPSA) is 40.9 Å². The molecule has 1 rings (SSSR count). The van der Waals surface area contributed by atoms with Crippen molar-refractivity contribution in [1.82, 2.24) is 0 Å². The van der Waals surface area contributed by atoms with Gasteiger partial charge in [-0.15, -0.1) is 0 Å². The van der Waals surface area contributed by atoms with Crippen molar-refractivity contribution in [3.8, 4) is 0 Å². The summed E-state index contributed by atoms with van der Waals surface area (Å²) in [4.78, 5) is 0.139. The van der Waals surface area contributed by atoms with E-state index in [0.717, 1.165) is 0 Å². The largest absolute Gasteiger partial charge is 0.264 e. The van der Waals surface area contributed by atoms with Crippen molar-refractivity contribution in [2.45, 2.75) is 30.4 Å². The Bertz CT molecular complexity index is 521. The summed E-state index contributed by atoms with van der Waals surface area (Å²) in [5.74, 6) is 0. The Hall–Kier alpha value is -1.23. The Morgan fingerprint density at radius 2 is 2.00 bits per heavy atom. The minimum Gasteiger partial charge on any atom is -0.249 e. The van der Waals surface area contributed by atoms with Gasteiger partial charge in [0.1, 0.15) is 0 Å². The van der Waals surface area contributed by atoms with Gasteiger partial charge in [0.05, 0.1) is 14.6 Å². The molecule has 17 heavy (non-hydrogen) atoms. The van der Waals surface area contributed by atoms with Crippen LogP contribution >= 0.6 is 0 Å². The quantitative estimate of drug-likeness (QED) is 0.869.